The van der Waals surface area contributed by atoms with E-state index in [1.54, 1.807) is 22.7 Å². The second-order valence-electron chi connectivity index (χ2n) is 5.96. The third kappa shape index (κ3) is 2.59. The number of benzene rings is 2. The first-order chi connectivity index (χ1) is 12.7. The van der Waals surface area contributed by atoms with Gasteiger partial charge >= 0.3 is 0 Å². The second-order valence-corrected chi connectivity index (χ2v) is 8.87. The van der Waals surface area contributed by atoms with Gasteiger partial charge in [-0.05, 0) is 17.7 Å². The van der Waals surface area contributed by atoms with Gasteiger partial charge in [0, 0.05) is 21.6 Å². The molecule has 4 aromatic rings. The summed E-state index contributed by atoms with van der Waals surface area (Å²) in [6.07, 6.45) is 2.05. The third-order valence-corrected chi connectivity index (χ3v) is 7.37. The molecule has 0 saturated carbocycles. The summed E-state index contributed by atoms with van der Waals surface area (Å²) in [6, 6.07) is 20.7. The van der Waals surface area contributed by atoms with Crippen molar-refractivity contribution in [2.24, 2.45) is 0 Å². The number of thiophene rings is 1. The van der Waals surface area contributed by atoms with Crippen LogP contribution >= 0.6 is 47.1 Å². The van der Waals surface area contributed by atoms with Gasteiger partial charge in [-0.3, -0.25) is 0 Å². The van der Waals surface area contributed by atoms with Gasteiger partial charge in [0.15, 0.2) is 0 Å². The van der Waals surface area contributed by atoms with Crippen molar-refractivity contribution < 1.29 is 0 Å². The highest BCUT2D eigenvalue weighted by molar-refractivity contribution is 7.84. The fourth-order valence-corrected chi connectivity index (χ4v) is 6.00. The molecule has 26 heavy (non-hydrogen) atoms. The first kappa shape index (κ1) is 16.1. The summed E-state index contributed by atoms with van der Waals surface area (Å²) in [5.74, 6) is 0. The zero-order valence-electron chi connectivity index (χ0n) is 13.4. The van der Waals surface area contributed by atoms with E-state index in [9.17, 15) is 0 Å². The molecule has 2 aromatic carbocycles. The monoisotopic (exact) mass is 405 g/mol. The minimum absolute atomic E-state index is 0.828. The van der Waals surface area contributed by atoms with E-state index < -0.39 is 0 Å². The van der Waals surface area contributed by atoms with Gasteiger partial charge in [-0.1, -0.05) is 79.0 Å². The largest absolute Gasteiger partial charge is 0.226 e. The highest BCUT2D eigenvalue weighted by Crippen LogP contribution is 2.37. The Morgan fingerprint density at radius 3 is 2.12 bits per heavy atom. The number of hydrogen-bond acceptors (Lipinski definition) is 5. The maximum Gasteiger partial charge on any atom is 0.135 e. The fourth-order valence-electron chi connectivity index (χ4n) is 3.08. The molecule has 0 saturated heterocycles. The zero-order chi connectivity index (χ0) is 17.7. The van der Waals surface area contributed by atoms with Crippen molar-refractivity contribution in [3.8, 4) is 10.4 Å². The molecular formula is C21H11NS4. The first-order valence-electron chi connectivity index (χ1n) is 8.06. The van der Waals surface area contributed by atoms with Crippen LogP contribution in [-0.4, -0.2) is 14.7 Å². The smallest absolute Gasteiger partial charge is 0.135 e. The van der Waals surface area contributed by atoms with Crippen LogP contribution in [0.15, 0.2) is 66.2 Å². The van der Waals surface area contributed by atoms with Crippen LogP contribution in [-0.2, 0) is 0 Å². The van der Waals surface area contributed by atoms with Gasteiger partial charge in [-0.2, -0.15) is 0 Å². The van der Waals surface area contributed by atoms with Crippen LogP contribution in [0, 0.1) is 0 Å². The highest BCUT2D eigenvalue weighted by Gasteiger charge is 2.26. The lowest BCUT2D eigenvalue weighted by atomic mass is 10.1. The van der Waals surface area contributed by atoms with Gasteiger partial charge < -0.3 is 0 Å². The Morgan fingerprint density at radius 1 is 0.808 bits per heavy atom. The molecule has 5 rings (SSSR count). The van der Waals surface area contributed by atoms with Gasteiger partial charge in [-0.15, -0.1) is 22.7 Å². The first-order valence-corrected chi connectivity index (χ1v) is 10.5. The van der Waals surface area contributed by atoms with Crippen molar-refractivity contribution in [1.29, 1.82) is 0 Å². The zero-order valence-corrected chi connectivity index (χ0v) is 16.7. The van der Waals surface area contributed by atoms with Gasteiger partial charge in [0.2, 0.25) is 0 Å². The number of fused-ring (bicyclic) bond motifs is 2. The van der Waals surface area contributed by atoms with Crippen molar-refractivity contribution in [2.45, 2.75) is 0 Å². The lowest BCUT2D eigenvalue weighted by Crippen LogP contribution is -1.97. The molecule has 5 heteroatoms. The summed E-state index contributed by atoms with van der Waals surface area (Å²) < 4.78 is 1.20. The molecule has 0 aliphatic heterocycles. The Bertz CT molecular complexity index is 1140. The number of aromatic nitrogens is 1. The van der Waals surface area contributed by atoms with E-state index in [4.69, 9.17) is 29.4 Å². The number of hydrogen-bond donors (Lipinski definition) is 0. The van der Waals surface area contributed by atoms with Crippen LogP contribution in [0.25, 0.3) is 26.0 Å². The molecular weight excluding hydrogens is 395 g/mol. The van der Waals surface area contributed by atoms with Crippen LogP contribution in [0.1, 0.15) is 16.1 Å². The Labute approximate surface area is 169 Å². The number of thiazole rings is 1. The Hall–Kier alpha value is -2.05. The minimum atomic E-state index is 0.828. The topological polar surface area (TPSA) is 12.9 Å². The molecule has 0 N–H and O–H groups in total. The van der Waals surface area contributed by atoms with E-state index in [1.165, 1.54) is 15.1 Å². The summed E-state index contributed by atoms with van der Waals surface area (Å²) in [5.41, 5.74) is 4.30. The Balaban J connectivity index is 1.53. The van der Waals surface area contributed by atoms with Crippen LogP contribution in [0.5, 0.6) is 0 Å². The van der Waals surface area contributed by atoms with E-state index >= 15 is 0 Å². The summed E-state index contributed by atoms with van der Waals surface area (Å²) in [6.45, 7) is 0. The van der Waals surface area contributed by atoms with Crippen molar-refractivity contribution in [1.82, 2.24) is 4.98 Å². The standard InChI is InChI=1S/C21H11NS4/c23-19-13-8-4-5-9-14(13)20(24)15(19)10-18-22-21-17(25-18)11-16(26-21)12-6-2-1-3-7-12/h1-11H. The molecule has 0 fully saturated rings. The van der Waals surface area contributed by atoms with E-state index in [0.717, 1.165) is 36.3 Å². The number of nitrogens with zero attached hydrogens (tertiary/aromatic N) is 1. The van der Waals surface area contributed by atoms with Gasteiger partial charge in [0.25, 0.3) is 0 Å². The molecule has 0 amide bonds. The molecule has 0 bridgehead atoms. The van der Waals surface area contributed by atoms with Gasteiger partial charge in [0.05, 0.1) is 14.4 Å². The molecule has 0 atom stereocenters. The molecule has 2 aromatic heterocycles. The number of allylic oxidation sites excluding steroid dienone is 1. The van der Waals surface area contributed by atoms with Gasteiger partial charge in [-0.25, -0.2) is 4.98 Å². The quantitative estimate of drug-likeness (QED) is 0.277. The SMILES string of the molecule is S=C1C(=Cc2nc3sc(-c4ccccc4)cc3s2)C(=S)c2ccccc21. The van der Waals surface area contributed by atoms with Crippen LogP contribution in [0.3, 0.4) is 0 Å². The van der Waals surface area contributed by atoms with Crippen molar-refractivity contribution >= 4 is 72.4 Å². The normalized spacial score (nSPS) is 13.5. The van der Waals surface area contributed by atoms with E-state index in [0.29, 0.717) is 0 Å². The van der Waals surface area contributed by atoms with Crippen molar-refractivity contribution in [2.75, 3.05) is 0 Å². The van der Waals surface area contributed by atoms with Crippen molar-refractivity contribution in [3.63, 3.8) is 0 Å². The number of thiocarbonyl (C=S) groups is 2. The highest BCUT2D eigenvalue weighted by atomic mass is 32.1. The lowest BCUT2D eigenvalue weighted by molar-refractivity contribution is 1.49. The molecule has 1 aliphatic rings. The summed E-state index contributed by atoms with van der Waals surface area (Å²) in [5, 5.41) is 0.957. The molecule has 2 heterocycles. The molecule has 0 unspecified atom stereocenters. The number of rotatable bonds is 2. The lowest BCUT2D eigenvalue weighted by Gasteiger charge is -1.96. The molecule has 1 nitrogen and oxygen atoms in total. The molecule has 0 radical (unpaired) electrons. The van der Waals surface area contributed by atoms with Crippen LogP contribution < -0.4 is 0 Å². The summed E-state index contributed by atoms with van der Waals surface area (Å²) >= 11 is 14.7. The fraction of sp³-hybridized carbons (Fsp3) is 0. The van der Waals surface area contributed by atoms with E-state index in [1.807, 2.05) is 36.4 Å². The van der Waals surface area contributed by atoms with Crippen LogP contribution in [0.2, 0.25) is 0 Å². The maximum absolute atomic E-state index is 5.64. The Kier molecular flexibility index (Phi) is 3.90. The predicted octanol–water partition coefficient (Wildman–Crippen LogP) is 6.56. The molecule has 1 aliphatic carbocycles. The predicted molar refractivity (Wildman–Crippen MR) is 121 cm³/mol. The summed E-state index contributed by atoms with van der Waals surface area (Å²) in [4.78, 5) is 8.76. The van der Waals surface area contributed by atoms with Gasteiger partial charge in [0.1, 0.15) is 9.84 Å². The average Bonchev–Trinajstić information content (AvgIpc) is 3.30. The Morgan fingerprint density at radius 2 is 1.46 bits per heavy atom. The minimum Gasteiger partial charge on any atom is -0.226 e. The van der Waals surface area contributed by atoms with Crippen LogP contribution in [0.4, 0.5) is 0 Å². The average molecular weight is 406 g/mol. The molecule has 124 valence electrons. The van der Waals surface area contributed by atoms with E-state index in [2.05, 4.69) is 30.3 Å². The second kappa shape index (κ2) is 6.28. The van der Waals surface area contributed by atoms with Crippen molar-refractivity contribution in [3.05, 3.63) is 82.4 Å². The van der Waals surface area contributed by atoms with E-state index in [-0.39, 0.29) is 0 Å². The maximum atomic E-state index is 5.64. The summed E-state index contributed by atoms with van der Waals surface area (Å²) in [7, 11) is 0. The molecule has 0 spiro atoms. The third-order valence-electron chi connectivity index (χ3n) is 4.34.